The van der Waals surface area contributed by atoms with Gasteiger partial charge in [0.15, 0.2) is 0 Å². The van der Waals surface area contributed by atoms with E-state index in [1.54, 1.807) is 17.6 Å². The van der Waals surface area contributed by atoms with Crippen molar-refractivity contribution in [3.63, 3.8) is 0 Å². The van der Waals surface area contributed by atoms with Crippen LogP contribution in [0, 0.1) is 0 Å². The maximum Gasteiger partial charge on any atom is 0.225 e. The average molecular weight is 135 g/mol. The first-order chi connectivity index (χ1) is 4.97. The van der Waals surface area contributed by atoms with Crippen LogP contribution in [0.5, 0.6) is 0 Å². The first-order valence-corrected chi connectivity index (χ1v) is 2.84. The second-order valence-electron chi connectivity index (χ2n) is 1.85. The summed E-state index contributed by atoms with van der Waals surface area (Å²) in [7, 11) is 0. The Morgan fingerprint density at radius 3 is 2.10 bits per heavy atom. The van der Waals surface area contributed by atoms with Gasteiger partial charge in [-0.15, -0.1) is 0 Å². The third-order valence-corrected chi connectivity index (χ3v) is 1.20. The Morgan fingerprint density at radius 2 is 1.60 bits per heavy atom. The molecule has 0 spiro atoms. The van der Waals surface area contributed by atoms with Gasteiger partial charge in [-0.25, -0.2) is 20.0 Å². The van der Waals surface area contributed by atoms with Gasteiger partial charge < -0.3 is 0 Å². The quantitative estimate of drug-likeness (QED) is 0.450. The fourth-order valence-corrected chi connectivity index (χ4v) is 0.751. The standard InChI is InChI=1S/C5H5N5/c1-6-3-10-4-7-2-9-5(10)8-1/h1-5H. The molecule has 0 aliphatic carbocycles. The van der Waals surface area contributed by atoms with E-state index in [4.69, 9.17) is 0 Å². The van der Waals surface area contributed by atoms with Crippen molar-refractivity contribution in [2.45, 2.75) is 6.29 Å². The van der Waals surface area contributed by atoms with Crippen LogP contribution in [0.25, 0.3) is 0 Å². The van der Waals surface area contributed by atoms with E-state index < -0.39 is 0 Å². The molecule has 0 N–H and O–H groups in total. The van der Waals surface area contributed by atoms with E-state index in [1.165, 1.54) is 12.7 Å². The predicted molar refractivity (Wildman–Crippen MR) is 39.6 cm³/mol. The molecule has 0 amide bonds. The van der Waals surface area contributed by atoms with E-state index >= 15 is 0 Å². The molecule has 50 valence electrons. The van der Waals surface area contributed by atoms with E-state index in [-0.39, 0.29) is 6.29 Å². The van der Waals surface area contributed by atoms with Gasteiger partial charge in [-0.05, 0) is 0 Å². The minimum absolute atomic E-state index is 0.171. The first kappa shape index (κ1) is 5.28. The van der Waals surface area contributed by atoms with Crippen molar-refractivity contribution < 1.29 is 0 Å². The zero-order valence-electron chi connectivity index (χ0n) is 5.12. The summed E-state index contributed by atoms with van der Waals surface area (Å²) < 4.78 is 0. The van der Waals surface area contributed by atoms with E-state index in [0.29, 0.717) is 0 Å². The van der Waals surface area contributed by atoms with Gasteiger partial charge in [0.05, 0.1) is 0 Å². The summed E-state index contributed by atoms with van der Waals surface area (Å²) in [6.45, 7) is 0. The summed E-state index contributed by atoms with van der Waals surface area (Å²) in [6, 6.07) is 0. The van der Waals surface area contributed by atoms with Gasteiger partial charge in [0.1, 0.15) is 25.4 Å². The highest BCUT2D eigenvalue weighted by molar-refractivity contribution is 5.87. The van der Waals surface area contributed by atoms with Crippen LogP contribution in [-0.2, 0) is 0 Å². The number of fused-ring (bicyclic) bond motifs is 1. The summed E-state index contributed by atoms with van der Waals surface area (Å²) in [6.07, 6.45) is 6.07. The monoisotopic (exact) mass is 135 g/mol. The van der Waals surface area contributed by atoms with Crippen LogP contribution < -0.4 is 0 Å². The van der Waals surface area contributed by atoms with Crippen LogP contribution in [0.4, 0.5) is 0 Å². The van der Waals surface area contributed by atoms with Crippen molar-refractivity contribution in [3.8, 4) is 0 Å². The van der Waals surface area contributed by atoms with Crippen molar-refractivity contribution in [2.75, 3.05) is 0 Å². The average Bonchev–Trinajstić information content (AvgIpc) is 2.05. The lowest BCUT2D eigenvalue weighted by molar-refractivity contribution is 0.477. The Balaban J connectivity index is 2.28. The highest BCUT2D eigenvalue weighted by atomic mass is 15.4. The van der Waals surface area contributed by atoms with Crippen LogP contribution in [0.15, 0.2) is 20.0 Å². The minimum Gasteiger partial charge on any atom is -0.280 e. The zero-order valence-corrected chi connectivity index (χ0v) is 5.12. The number of nitrogens with zero attached hydrogens (tertiary/aromatic N) is 5. The fraction of sp³-hybridized carbons (Fsp3) is 0.200. The van der Waals surface area contributed by atoms with E-state index in [0.717, 1.165) is 0 Å². The second kappa shape index (κ2) is 2.02. The van der Waals surface area contributed by atoms with Gasteiger partial charge in [0.25, 0.3) is 0 Å². The Morgan fingerprint density at radius 1 is 1.00 bits per heavy atom. The maximum atomic E-state index is 3.97. The van der Waals surface area contributed by atoms with Crippen LogP contribution in [0.1, 0.15) is 0 Å². The molecule has 0 radical (unpaired) electrons. The summed E-state index contributed by atoms with van der Waals surface area (Å²) in [5.74, 6) is 0. The molecule has 0 saturated carbocycles. The SMILES string of the molecule is C1=NC=NC2N=CN=CN12. The zero-order chi connectivity index (χ0) is 6.81. The molecule has 2 aliphatic rings. The highest BCUT2D eigenvalue weighted by Crippen LogP contribution is 2.03. The lowest BCUT2D eigenvalue weighted by Gasteiger charge is -2.21. The Labute approximate surface area is 57.5 Å². The lowest BCUT2D eigenvalue weighted by atomic mass is 10.6. The Bertz CT molecular complexity index is 188. The fourth-order valence-electron chi connectivity index (χ4n) is 0.751. The van der Waals surface area contributed by atoms with Crippen molar-refractivity contribution in [2.24, 2.45) is 20.0 Å². The molecule has 5 nitrogen and oxygen atoms in total. The third-order valence-electron chi connectivity index (χ3n) is 1.20. The number of hydrogen-bond acceptors (Lipinski definition) is 5. The topological polar surface area (TPSA) is 52.7 Å². The Hall–Kier alpha value is -1.52. The summed E-state index contributed by atoms with van der Waals surface area (Å²) in [4.78, 5) is 17.3. The molecule has 0 aromatic heterocycles. The molecule has 0 aromatic rings. The van der Waals surface area contributed by atoms with Gasteiger partial charge >= 0.3 is 0 Å². The number of hydrogen-bond donors (Lipinski definition) is 0. The molecule has 2 heterocycles. The van der Waals surface area contributed by atoms with Gasteiger partial charge in [-0.3, -0.25) is 4.90 Å². The van der Waals surface area contributed by atoms with Crippen LogP contribution in [0.3, 0.4) is 0 Å². The van der Waals surface area contributed by atoms with E-state index in [9.17, 15) is 0 Å². The van der Waals surface area contributed by atoms with Gasteiger partial charge in [-0.1, -0.05) is 0 Å². The number of rotatable bonds is 0. The molecule has 2 rings (SSSR count). The minimum atomic E-state index is -0.171. The van der Waals surface area contributed by atoms with Crippen LogP contribution in [0.2, 0.25) is 0 Å². The molecule has 0 saturated heterocycles. The smallest absolute Gasteiger partial charge is 0.225 e. The third kappa shape index (κ3) is 0.717. The van der Waals surface area contributed by atoms with Gasteiger partial charge in [-0.2, -0.15) is 0 Å². The molecule has 5 heteroatoms. The lowest BCUT2D eigenvalue weighted by Crippen LogP contribution is -2.34. The maximum absolute atomic E-state index is 3.97. The summed E-state index contributed by atoms with van der Waals surface area (Å²) >= 11 is 0. The highest BCUT2D eigenvalue weighted by Gasteiger charge is 2.13. The normalized spacial score (nSPS) is 21.8. The molecular formula is C5H5N5. The largest absolute Gasteiger partial charge is 0.280 e. The van der Waals surface area contributed by atoms with Crippen molar-refractivity contribution in [1.29, 1.82) is 0 Å². The van der Waals surface area contributed by atoms with E-state index in [1.807, 2.05) is 0 Å². The molecule has 0 unspecified atom stereocenters. The molecule has 0 fully saturated rings. The number of aliphatic imine (C=N–C) groups is 4. The summed E-state index contributed by atoms with van der Waals surface area (Å²) in [5.41, 5.74) is 0. The molecule has 2 aliphatic heterocycles. The van der Waals surface area contributed by atoms with Crippen LogP contribution in [-0.4, -0.2) is 36.5 Å². The predicted octanol–water partition coefficient (Wildman–Crippen LogP) is -0.288. The molecule has 10 heavy (non-hydrogen) atoms. The summed E-state index contributed by atoms with van der Waals surface area (Å²) in [5, 5.41) is 0. The molecule has 0 aromatic carbocycles. The molecular weight excluding hydrogens is 130 g/mol. The van der Waals surface area contributed by atoms with Gasteiger partial charge in [0.2, 0.25) is 6.29 Å². The van der Waals surface area contributed by atoms with Gasteiger partial charge in [0, 0.05) is 0 Å². The van der Waals surface area contributed by atoms with Crippen molar-refractivity contribution in [1.82, 2.24) is 4.90 Å². The molecule has 0 atom stereocenters. The van der Waals surface area contributed by atoms with Crippen molar-refractivity contribution in [3.05, 3.63) is 0 Å². The van der Waals surface area contributed by atoms with Crippen molar-refractivity contribution >= 4 is 25.4 Å². The molecule has 0 bridgehead atoms. The van der Waals surface area contributed by atoms with Crippen LogP contribution >= 0.6 is 0 Å². The first-order valence-electron chi connectivity index (χ1n) is 2.84. The van der Waals surface area contributed by atoms with E-state index in [2.05, 4.69) is 20.0 Å². The Kier molecular flexibility index (Phi) is 1.06. The second-order valence-corrected chi connectivity index (χ2v) is 1.85.